The van der Waals surface area contributed by atoms with E-state index < -0.39 is 0 Å². The van der Waals surface area contributed by atoms with Crippen LogP contribution >= 0.6 is 11.8 Å². The molecule has 0 radical (unpaired) electrons. The van der Waals surface area contributed by atoms with Crippen LogP contribution in [0.25, 0.3) is 0 Å². The summed E-state index contributed by atoms with van der Waals surface area (Å²) >= 11 is 1.99. The molecular weight excluding hydrogens is 142 g/mol. The van der Waals surface area contributed by atoms with Crippen LogP contribution in [0.4, 0.5) is 0 Å². The van der Waals surface area contributed by atoms with E-state index in [4.69, 9.17) is 0 Å². The third kappa shape index (κ3) is 1.03. The molecule has 10 heavy (non-hydrogen) atoms. The Bertz CT molecular complexity index is 205. The third-order valence-corrected chi connectivity index (χ3v) is 2.96. The molecule has 2 unspecified atom stereocenters. The second kappa shape index (κ2) is 2.62. The monoisotopic (exact) mass is 152 g/mol. The number of nitrogens with one attached hydrogen (secondary N) is 1. The van der Waals surface area contributed by atoms with Gasteiger partial charge in [-0.05, 0) is 6.08 Å². The summed E-state index contributed by atoms with van der Waals surface area (Å²) in [6.45, 7) is 0. The van der Waals surface area contributed by atoms with E-state index in [1.165, 1.54) is 0 Å². The molecule has 2 atom stereocenters. The number of fused-ring (bicyclic) bond motifs is 1. The first-order valence-electron chi connectivity index (χ1n) is 3.51. The van der Waals surface area contributed by atoms with E-state index in [1.54, 1.807) is 0 Å². The summed E-state index contributed by atoms with van der Waals surface area (Å²) < 4.78 is 0. The quantitative estimate of drug-likeness (QED) is 0.505. The van der Waals surface area contributed by atoms with Gasteiger partial charge in [0.25, 0.3) is 0 Å². The first-order chi connectivity index (χ1) is 4.97. The van der Waals surface area contributed by atoms with Gasteiger partial charge in [0.2, 0.25) is 0 Å². The molecule has 2 rings (SSSR count). The van der Waals surface area contributed by atoms with Gasteiger partial charge in [0, 0.05) is 0 Å². The predicted molar refractivity (Wildman–Crippen MR) is 45.3 cm³/mol. The molecule has 1 nitrogen and oxygen atoms in total. The summed E-state index contributed by atoms with van der Waals surface area (Å²) in [7, 11) is 0. The zero-order valence-corrected chi connectivity index (χ0v) is 6.47. The molecule has 0 fully saturated rings. The summed E-state index contributed by atoms with van der Waals surface area (Å²) in [5.74, 6) is 1.12. The van der Waals surface area contributed by atoms with E-state index in [0.29, 0.717) is 11.3 Å². The second-order valence-corrected chi connectivity index (χ2v) is 3.68. The molecule has 2 heteroatoms. The average molecular weight is 152 g/mol. The van der Waals surface area contributed by atoms with Gasteiger partial charge < -0.3 is 0 Å². The molecule has 0 spiro atoms. The maximum atomic E-state index is 3.34. The first-order valence-corrected chi connectivity index (χ1v) is 4.56. The molecule has 0 saturated heterocycles. The van der Waals surface area contributed by atoms with Crippen molar-refractivity contribution in [2.75, 3.05) is 5.75 Å². The standard InChI is InChI=1S/C8H9NS/c1-2-4-8-7(3-1)9-5-6-10-8/h1-5,7-8H,6H2/p+1. The zero-order valence-electron chi connectivity index (χ0n) is 5.66. The van der Waals surface area contributed by atoms with Crippen molar-refractivity contribution in [2.45, 2.75) is 11.3 Å². The topological polar surface area (TPSA) is 14.0 Å². The SMILES string of the molecule is C1=CC2[NH+]=CCSC2C=C1. The lowest BCUT2D eigenvalue weighted by atomic mass is 10.1. The van der Waals surface area contributed by atoms with Crippen molar-refractivity contribution in [3.8, 4) is 0 Å². The minimum absolute atomic E-state index is 0.545. The Balaban J connectivity index is 2.21. The highest BCUT2D eigenvalue weighted by atomic mass is 32.2. The van der Waals surface area contributed by atoms with Crippen molar-refractivity contribution in [3.63, 3.8) is 0 Å². The van der Waals surface area contributed by atoms with Gasteiger partial charge in [0.1, 0.15) is 6.21 Å². The summed E-state index contributed by atoms with van der Waals surface area (Å²) in [5, 5.41) is 0.662. The van der Waals surface area contributed by atoms with Crippen LogP contribution in [0, 0.1) is 0 Å². The normalized spacial score (nSPS) is 36.0. The van der Waals surface area contributed by atoms with Gasteiger partial charge in [-0.3, -0.25) is 0 Å². The lowest BCUT2D eigenvalue weighted by molar-refractivity contribution is -0.482. The fraction of sp³-hybridized carbons (Fsp3) is 0.375. The van der Waals surface area contributed by atoms with Gasteiger partial charge in [0.05, 0.1) is 11.0 Å². The average Bonchev–Trinajstić information content (AvgIpc) is 2.05. The molecule has 1 heterocycles. The summed E-state index contributed by atoms with van der Waals surface area (Å²) in [5.41, 5.74) is 0. The minimum atomic E-state index is 0.545. The van der Waals surface area contributed by atoms with E-state index >= 15 is 0 Å². The van der Waals surface area contributed by atoms with E-state index in [9.17, 15) is 0 Å². The maximum absolute atomic E-state index is 3.34. The molecule has 0 bridgehead atoms. The van der Waals surface area contributed by atoms with Crippen LogP contribution in [0.5, 0.6) is 0 Å². The van der Waals surface area contributed by atoms with Crippen molar-refractivity contribution >= 4 is 18.0 Å². The van der Waals surface area contributed by atoms with Crippen LogP contribution in [-0.4, -0.2) is 23.3 Å². The van der Waals surface area contributed by atoms with Crippen molar-refractivity contribution in [1.29, 1.82) is 0 Å². The fourth-order valence-corrected chi connectivity index (χ4v) is 2.23. The van der Waals surface area contributed by atoms with Gasteiger partial charge in [-0.2, -0.15) is 0 Å². The van der Waals surface area contributed by atoms with E-state index in [1.807, 2.05) is 11.8 Å². The van der Waals surface area contributed by atoms with Gasteiger partial charge in [-0.15, -0.1) is 11.8 Å². The van der Waals surface area contributed by atoms with Crippen LogP contribution < -0.4 is 4.99 Å². The second-order valence-electron chi connectivity index (χ2n) is 2.46. The van der Waals surface area contributed by atoms with Crippen LogP contribution in [0.2, 0.25) is 0 Å². The highest BCUT2D eigenvalue weighted by Crippen LogP contribution is 2.18. The molecule has 0 amide bonds. The summed E-state index contributed by atoms with van der Waals surface area (Å²) in [6, 6.07) is 0.545. The van der Waals surface area contributed by atoms with Crippen molar-refractivity contribution in [1.82, 2.24) is 0 Å². The van der Waals surface area contributed by atoms with Crippen LogP contribution in [0.15, 0.2) is 24.3 Å². The molecule has 2 aliphatic rings. The number of hydrogen-bond donors (Lipinski definition) is 1. The molecule has 1 N–H and O–H groups in total. The van der Waals surface area contributed by atoms with Crippen molar-refractivity contribution in [3.05, 3.63) is 24.3 Å². The van der Waals surface area contributed by atoms with E-state index in [-0.39, 0.29) is 0 Å². The Hall–Kier alpha value is -0.500. The zero-order chi connectivity index (χ0) is 6.81. The Morgan fingerprint density at radius 2 is 2.20 bits per heavy atom. The molecular formula is C8H10NS+. The number of thioether (sulfide) groups is 1. The Morgan fingerprint density at radius 3 is 3.10 bits per heavy atom. The third-order valence-electron chi connectivity index (χ3n) is 1.77. The predicted octanol–water partition coefficient (Wildman–Crippen LogP) is -0.252. The van der Waals surface area contributed by atoms with Crippen LogP contribution in [0.3, 0.4) is 0 Å². The Labute approximate surface area is 64.9 Å². The molecule has 0 saturated carbocycles. The lowest BCUT2D eigenvalue weighted by Crippen LogP contribution is -2.80. The van der Waals surface area contributed by atoms with Gasteiger partial charge in [-0.1, -0.05) is 18.2 Å². The molecule has 1 aliphatic carbocycles. The molecule has 1 aliphatic heterocycles. The van der Waals surface area contributed by atoms with Gasteiger partial charge in [0.15, 0.2) is 6.04 Å². The van der Waals surface area contributed by atoms with Crippen molar-refractivity contribution < 1.29 is 4.99 Å². The summed E-state index contributed by atoms with van der Waals surface area (Å²) in [4.78, 5) is 3.34. The minimum Gasteiger partial charge on any atom is -0.243 e. The van der Waals surface area contributed by atoms with Gasteiger partial charge >= 0.3 is 0 Å². The maximum Gasteiger partial charge on any atom is 0.184 e. The largest absolute Gasteiger partial charge is 0.243 e. The van der Waals surface area contributed by atoms with E-state index in [0.717, 1.165) is 5.75 Å². The fourth-order valence-electron chi connectivity index (χ4n) is 1.24. The smallest absolute Gasteiger partial charge is 0.184 e. The first kappa shape index (κ1) is 6.23. The Kier molecular flexibility index (Phi) is 1.63. The highest BCUT2D eigenvalue weighted by molar-refractivity contribution is 8.00. The number of allylic oxidation sites excluding steroid dienone is 2. The van der Waals surface area contributed by atoms with Gasteiger partial charge in [-0.25, -0.2) is 4.99 Å². The highest BCUT2D eigenvalue weighted by Gasteiger charge is 2.24. The molecule has 52 valence electrons. The Morgan fingerprint density at radius 1 is 1.30 bits per heavy atom. The number of rotatable bonds is 0. The lowest BCUT2D eigenvalue weighted by Gasteiger charge is -2.17. The number of hydrogen-bond acceptors (Lipinski definition) is 1. The van der Waals surface area contributed by atoms with Crippen LogP contribution in [-0.2, 0) is 0 Å². The van der Waals surface area contributed by atoms with Crippen LogP contribution in [0.1, 0.15) is 0 Å². The molecule has 0 aromatic carbocycles. The summed E-state index contributed by atoms with van der Waals surface area (Å²) in [6.07, 6.45) is 10.8. The molecule has 0 aromatic heterocycles. The van der Waals surface area contributed by atoms with Crippen molar-refractivity contribution in [2.24, 2.45) is 0 Å². The van der Waals surface area contributed by atoms with E-state index in [2.05, 4.69) is 35.5 Å². The molecule has 0 aromatic rings.